The van der Waals surface area contributed by atoms with Crippen molar-refractivity contribution in [3.05, 3.63) is 48.4 Å². The van der Waals surface area contributed by atoms with Crippen molar-refractivity contribution < 1.29 is 4.74 Å². The first kappa shape index (κ1) is 13.8. The summed E-state index contributed by atoms with van der Waals surface area (Å²) in [4.78, 5) is 18.5. The van der Waals surface area contributed by atoms with Crippen LogP contribution in [0.15, 0.2) is 42.9 Å². The minimum Gasteiger partial charge on any atom is -0.481 e. The van der Waals surface area contributed by atoms with Gasteiger partial charge in [-0.1, -0.05) is 6.08 Å². The quantitative estimate of drug-likeness (QED) is 0.806. The van der Waals surface area contributed by atoms with Crippen LogP contribution in [-0.2, 0) is 0 Å². The summed E-state index contributed by atoms with van der Waals surface area (Å²) in [5.41, 5.74) is 3.50. The Morgan fingerprint density at radius 1 is 1.22 bits per heavy atom. The summed E-state index contributed by atoms with van der Waals surface area (Å²) < 4.78 is 5.17. The van der Waals surface area contributed by atoms with Gasteiger partial charge in [-0.2, -0.15) is 4.98 Å². The number of nitrogens with zero attached hydrogens (tertiary/aromatic N) is 4. The highest BCUT2D eigenvalue weighted by Crippen LogP contribution is 2.29. The van der Waals surface area contributed by atoms with Gasteiger partial charge in [-0.25, -0.2) is 9.97 Å². The fourth-order valence-corrected chi connectivity index (χ4v) is 2.92. The molecule has 1 N–H and O–H groups in total. The predicted molar refractivity (Wildman–Crippen MR) is 89.5 cm³/mol. The molecule has 23 heavy (non-hydrogen) atoms. The number of anilines is 1. The van der Waals surface area contributed by atoms with Crippen molar-refractivity contribution in [3.63, 3.8) is 0 Å². The van der Waals surface area contributed by atoms with Crippen LogP contribution in [0.1, 0.15) is 12.0 Å². The Labute approximate surface area is 133 Å². The largest absolute Gasteiger partial charge is 0.481 e. The van der Waals surface area contributed by atoms with E-state index in [0.29, 0.717) is 11.8 Å². The number of aromatic nitrogens is 4. The van der Waals surface area contributed by atoms with Gasteiger partial charge in [0.15, 0.2) is 0 Å². The van der Waals surface area contributed by atoms with E-state index in [2.05, 4.69) is 37.0 Å². The number of H-pyrrole nitrogens is 1. The lowest BCUT2D eigenvalue weighted by molar-refractivity contribution is 0.396. The zero-order chi connectivity index (χ0) is 15.6. The third-order valence-electron chi connectivity index (χ3n) is 4.12. The van der Waals surface area contributed by atoms with Crippen LogP contribution in [-0.4, -0.2) is 40.1 Å². The van der Waals surface area contributed by atoms with E-state index in [4.69, 9.17) is 4.74 Å². The fraction of sp³-hybridized carbons (Fsp3) is 0.235. The molecule has 0 aromatic carbocycles. The predicted octanol–water partition coefficient (Wildman–Crippen LogP) is 2.66. The third-order valence-corrected chi connectivity index (χ3v) is 4.12. The Morgan fingerprint density at radius 2 is 2.17 bits per heavy atom. The highest BCUT2D eigenvalue weighted by atomic mass is 16.5. The van der Waals surface area contributed by atoms with E-state index in [0.717, 1.165) is 25.2 Å². The zero-order valence-corrected chi connectivity index (χ0v) is 12.9. The van der Waals surface area contributed by atoms with E-state index in [-0.39, 0.29) is 0 Å². The molecule has 6 nitrogen and oxygen atoms in total. The first-order valence-electron chi connectivity index (χ1n) is 7.58. The van der Waals surface area contributed by atoms with Crippen LogP contribution in [0.4, 0.5) is 5.95 Å². The second-order valence-electron chi connectivity index (χ2n) is 5.43. The van der Waals surface area contributed by atoms with Crippen LogP contribution >= 0.6 is 0 Å². The topological polar surface area (TPSA) is 66.9 Å². The normalized spacial score (nSPS) is 14.8. The molecule has 4 heterocycles. The van der Waals surface area contributed by atoms with Crippen LogP contribution in [0.3, 0.4) is 0 Å². The van der Waals surface area contributed by atoms with Crippen molar-refractivity contribution >= 4 is 22.6 Å². The molecule has 116 valence electrons. The molecule has 3 aromatic rings. The molecule has 0 atom stereocenters. The van der Waals surface area contributed by atoms with Gasteiger partial charge in [0.25, 0.3) is 0 Å². The smallest absolute Gasteiger partial charge is 0.228 e. The molecule has 0 bridgehead atoms. The lowest BCUT2D eigenvalue weighted by Gasteiger charge is -2.26. The highest BCUT2D eigenvalue weighted by Gasteiger charge is 2.18. The van der Waals surface area contributed by atoms with Crippen molar-refractivity contribution in [2.45, 2.75) is 6.42 Å². The second kappa shape index (κ2) is 5.72. The Morgan fingerprint density at radius 3 is 3.00 bits per heavy atom. The van der Waals surface area contributed by atoms with Crippen LogP contribution < -0.4 is 9.64 Å². The molecule has 0 spiro atoms. The second-order valence-corrected chi connectivity index (χ2v) is 5.43. The summed E-state index contributed by atoms with van der Waals surface area (Å²) >= 11 is 0. The molecule has 4 rings (SSSR count). The maximum Gasteiger partial charge on any atom is 0.228 e. The van der Waals surface area contributed by atoms with Crippen molar-refractivity contribution in [2.75, 3.05) is 25.1 Å². The van der Waals surface area contributed by atoms with Gasteiger partial charge >= 0.3 is 0 Å². The number of fused-ring (bicyclic) bond motifs is 1. The van der Waals surface area contributed by atoms with E-state index < -0.39 is 0 Å². The standard InChI is InChI=1S/C17H17N5O/c1-23-15-4-8-19-17(21-15)22-9-5-12(6-10-22)14-11-20-16-13(14)3-2-7-18-16/h2-5,7-8,11H,6,9-10H2,1H3,(H,18,20). The number of methoxy groups -OCH3 is 1. The van der Waals surface area contributed by atoms with Gasteiger partial charge in [0.1, 0.15) is 5.65 Å². The van der Waals surface area contributed by atoms with Gasteiger partial charge in [0.2, 0.25) is 11.8 Å². The summed E-state index contributed by atoms with van der Waals surface area (Å²) in [6.45, 7) is 1.67. The number of nitrogens with one attached hydrogen (secondary N) is 1. The van der Waals surface area contributed by atoms with E-state index >= 15 is 0 Å². The molecule has 0 fully saturated rings. The monoisotopic (exact) mass is 307 g/mol. The van der Waals surface area contributed by atoms with E-state index in [9.17, 15) is 0 Å². The van der Waals surface area contributed by atoms with Crippen molar-refractivity contribution in [2.24, 2.45) is 0 Å². The Bertz CT molecular complexity index is 870. The number of ether oxygens (including phenoxy) is 1. The summed E-state index contributed by atoms with van der Waals surface area (Å²) in [5, 5.41) is 1.17. The molecule has 1 aliphatic rings. The highest BCUT2D eigenvalue weighted by molar-refractivity contribution is 5.90. The molecule has 1 aliphatic heterocycles. The number of hydrogen-bond acceptors (Lipinski definition) is 5. The maximum atomic E-state index is 5.17. The molecule has 0 aliphatic carbocycles. The molecule has 0 saturated heterocycles. The molecular weight excluding hydrogens is 290 g/mol. The summed E-state index contributed by atoms with van der Waals surface area (Å²) in [6.07, 6.45) is 8.76. The lowest BCUT2D eigenvalue weighted by atomic mass is 10.00. The van der Waals surface area contributed by atoms with Crippen LogP contribution in [0.5, 0.6) is 5.88 Å². The van der Waals surface area contributed by atoms with Gasteiger partial charge in [0.05, 0.1) is 7.11 Å². The summed E-state index contributed by atoms with van der Waals surface area (Å²) in [6, 6.07) is 5.83. The van der Waals surface area contributed by atoms with Gasteiger partial charge in [-0.3, -0.25) is 0 Å². The summed E-state index contributed by atoms with van der Waals surface area (Å²) in [7, 11) is 1.62. The third kappa shape index (κ3) is 2.52. The Balaban J connectivity index is 1.59. The molecule has 3 aromatic heterocycles. The molecule has 0 unspecified atom stereocenters. The van der Waals surface area contributed by atoms with E-state index in [1.165, 1.54) is 16.5 Å². The van der Waals surface area contributed by atoms with Crippen LogP contribution in [0.2, 0.25) is 0 Å². The minimum absolute atomic E-state index is 0.590. The minimum atomic E-state index is 0.590. The lowest BCUT2D eigenvalue weighted by Crippen LogP contribution is -2.29. The molecule has 6 heteroatoms. The van der Waals surface area contributed by atoms with Gasteiger partial charge < -0.3 is 14.6 Å². The van der Waals surface area contributed by atoms with E-state index in [1.807, 2.05) is 12.3 Å². The average molecular weight is 307 g/mol. The first-order valence-corrected chi connectivity index (χ1v) is 7.58. The van der Waals surface area contributed by atoms with Gasteiger partial charge in [-0.15, -0.1) is 0 Å². The average Bonchev–Trinajstić information content (AvgIpc) is 3.06. The zero-order valence-electron chi connectivity index (χ0n) is 12.9. The number of hydrogen-bond donors (Lipinski definition) is 1. The number of pyridine rings is 1. The summed E-state index contributed by atoms with van der Waals surface area (Å²) in [5.74, 6) is 1.30. The van der Waals surface area contributed by atoms with Crippen LogP contribution in [0, 0.1) is 0 Å². The van der Waals surface area contributed by atoms with Gasteiger partial charge in [-0.05, 0) is 24.1 Å². The number of aromatic amines is 1. The molecule has 0 saturated carbocycles. The SMILES string of the molecule is COc1ccnc(N2CC=C(c3c[nH]c4ncccc34)CC2)n1. The van der Waals surface area contributed by atoms with Crippen molar-refractivity contribution in [1.82, 2.24) is 19.9 Å². The first-order chi connectivity index (χ1) is 11.3. The molecule has 0 amide bonds. The van der Waals surface area contributed by atoms with Crippen LogP contribution in [0.25, 0.3) is 16.6 Å². The number of rotatable bonds is 3. The fourth-order valence-electron chi connectivity index (χ4n) is 2.92. The maximum absolute atomic E-state index is 5.17. The van der Waals surface area contributed by atoms with Crippen molar-refractivity contribution in [1.29, 1.82) is 0 Å². The Hall–Kier alpha value is -2.89. The Kier molecular flexibility index (Phi) is 3.42. The molecule has 0 radical (unpaired) electrons. The van der Waals surface area contributed by atoms with Crippen molar-refractivity contribution in [3.8, 4) is 5.88 Å². The van der Waals surface area contributed by atoms with E-state index in [1.54, 1.807) is 25.6 Å². The molecular formula is C17H17N5O. The van der Waals surface area contributed by atoms with Gasteiger partial charge in [0, 0.05) is 48.7 Å².